The molecule has 52 heavy (non-hydrogen) atoms. The molecule has 0 atom stereocenters. The molecule has 0 saturated carbocycles. The van der Waals surface area contributed by atoms with Gasteiger partial charge in [-0.2, -0.15) is 0 Å². The van der Waals surface area contributed by atoms with Crippen LogP contribution >= 0.6 is 11.3 Å². The van der Waals surface area contributed by atoms with Crippen molar-refractivity contribution in [2.24, 2.45) is 0 Å². The topological polar surface area (TPSA) is 3.24 Å². The van der Waals surface area contributed by atoms with Gasteiger partial charge in [0.25, 0.3) is 0 Å². The average molecular weight is 680 g/mol. The van der Waals surface area contributed by atoms with Gasteiger partial charge >= 0.3 is 0 Å². The van der Waals surface area contributed by atoms with Crippen LogP contribution in [0.1, 0.15) is 0 Å². The van der Waals surface area contributed by atoms with Crippen molar-refractivity contribution in [3.8, 4) is 33.4 Å². The van der Waals surface area contributed by atoms with Crippen LogP contribution in [0.5, 0.6) is 0 Å². The fourth-order valence-electron chi connectivity index (χ4n) is 7.60. The summed E-state index contributed by atoms with van der Waals surface area (Å²) in [5, 5.41) is 7.65. The summed E-state index contributed by atoms with van der Waals surface area (Å²) in [6, 6.07) is 73.0. The van der Waals surface area contributed by atoms with Crippen LogP contribution in [-0.2, 0) is 0 Å². The average Bonchev–Trinajstić information content (AvgIpc) is 3.59. The molecule has 0 N–H and O–H groups in total. The summed E-state index contributed by atoms with van der Waals surface area (Å²) in [4.78, 5) is 2.39. The number of hydrogen-bond donors (Lipinski definition) is 0. The highest BCUT2D eigenvalue weighted by Gasteiger charge is 2.16. The molecule has 0 aliphatic carbocycles. The molecular weight excluding hydrogens is 647 g/mol. The molecule has 2 heteroatoms. The van der Waals surface area contributed by atoms with Gasteiger partial charge in [-0.3, -0.25) is 0 Å². The van der Waals surface area contributed by atoms with Crippen molar-refractivity contribution >= 4 is 70.1 Å². The van der Waals surface area contributed by atoms with Crippen LogP contribution in [0, 0.1) is 0 Å². The Morgan fingerprint density at radius 2 is 0.750 bits per heavy atom. The van der Waals surface area contributed by atoms with Crippen LogP contribution in [-0.4, -0.2) is 0 Å². The summed E-state index contributed by atoms with van der Waals surface area (Å²) in [5.74, 6) is 0. The first-order chi connectivity index (χ1) is 25.7. The maximum absolute atomic E-state index is 2.39. The SMILES string of the molecule is c1ccc(-c2ccc(N(c3cccc(-c4ccc5ccc6ccc(-c7ccccc7)cc6c5c4)c3)c3ccc4c(c3)sc3ccccc34)cc2)cc1. The lowest BCUT2D eigenvalue weighted by atomic mass is 9.94. The summed E-state index contributed by atoms with van der Waals surface area (Å²) in [5.41, 5.74) is 10.7. The third-order valence-electron chi connectivity index (χ3n) is 10.2. The van der Waals surface area contributed by atoms with E-state index in [-0.39, 0.29) is 0 Å². The lowest BCUT2D eigenvalue weighted by Crippen LogP contribution is -2.09. The van der Waals surface area contributed by atoms with Gasteiger partial charge in [-0.1, -0.05) is 146 Å². The Bertz CT molecular complexity index is 2890. The van der Waals surface area contributed by atoms with Crippen molar-refractivity contribution in [1.29, 1.82) is 0 Å². The second kappa shape index (κ2) is 12.7. The van der Waals surface area contributed by atoms with E-state index < -0.39 is 0 Å². The number of anilines is 3. The predicted molar refractivity (Wildman–Crippen MR) is 225 cm³/mol. The summed E-state index contributed by atoms with van der Waals surface area (Å²) in [7, 11) is 0. The van der Waals surface area contributed by atoms with Crippen molar-refractivity contribution in [3.05, 3.63) is 200 Å². The highest BCUT2D eigenvalue weighted by Crippen LogP contribution is 2.42. The first-order valence-corrected chi connectivity index (χ1v) is 18.6. The number of rotatable bonds is 6. The molecule has 9 aromatic carbocycles. The van der Waals surface area contributed by atoms with Gasteiger partial charge in [-0.05, 0) is 110 Å². The molecule has 0 unspecified atom stereocenters. The van der Waals surface area contributed by atoms with Gasteiger partial charge in [0.1, 0.15) is 0 Å². The molecule has 10 aromatic rings. The van der Waals surface area contributed by atoms with E-state index in [1.807, 2.05) is 11.3 Å². The summed E-state index contributed by atoms with van der Waals surface area (Å²) < 4.78 is 2.60. The van der Waals surface area contributed by atoms with Crippen LogP contribution in [0.3, 0.4) is 0 Å². The standard InChI is InChI=1S/C50H33NS/c1-3-10-34(11-4-1)36-24-26-42(27-25-36)51(44-28-29-46-45-16-7-8-17-49(45)52-50(46)33-44)43-15-9-14-39(30-43)41-23-21-38-19-18-37-20-22-40(31-47(37)48(38)32-41)35-12-5-2-6-13-35/h1-33H. The van der Waals surface area contributed by atoms with Gasteiger partial charge in [-0.25, -0.2) is 0 Å². The van der Waals surface area contributed by atoms with Gasteiger partial charge in [0.2, 0.25) is 0 Å². The largest absolute Gasteiger partial charge is 0.310 e. The molecule has 0 aliphatic rings. The first-order valence-electron chi connectivity index (χ1n) is 17.7. The van der Waals surface area contributed by atoms with E-state index in [4.69, 9.17) is 0 Å². The van der Waals surface area contributed by atoms with Crippen LogP contribution in [0.2, 0.25) is 0 Å². The minimum absolute atomic E-state index is 1.12. The number of fused-ring (bicyclic) bond motifs is 6. The highest BCUT2D eigenvalue weighted by molar-refractivity contribution is 7.25. The Balaban J connectivity index is 1.10. The van der Waals surface area contributed by atoms with Crippen molar-refractivity contribution in [3.63, 3.8) is 0 Å². The van der Waals surface area contributed by atoms with Crippen molar-refractivity contribution in [2.75, 3.05) is 4.90 Å². The summed E-state index contributed by atoms with van der Waals surface area (Å²) in [6.45, 7) is 0. The van der Waals surface area contributed by atoms with E-state index in [2.05, 4.69) is 205 Å². The van der Waals surface area contributed by atoms with Gasteiger partial charge in [0, 0.05) is 37.2 Å². The number of benzene rings is 9. The van der Waals surface area contributed by atoms with Crippen LogP contribution in [0.4, 0.5) is 17.1 Å². The monoisotopic (exact) mass is 679 g/mol. The number of hydrogen-bond acceptors (Lipinski definition) is 2. The molecule has 244 valence electrons. The molecule has 0 fully saturated rings. The normalized spacial score (nSPS) is 11.5. The number of nitrogens with zero attached hydrogens (tertiary/aromatic N) is 1. The van der Waals surface area contributed by atoms with E-state index in [0.717, 1.165) is 17.1 Å². The summed E-state index contributed by atoms with van der Waals surface area (Å²) in [6.07, 6.45) is 0. The lowest BCUT2D eigenvalue weighted by Gasteiger charge is -2.26. The van der Waals surface area contributed by atoms with Crippen LogP contribution < -0.4 is 4.90 Å². The zero-order chi connectivity index (χ0) is 34.4. The molecule has 0 radical (unpaired) electrons. The van der Waals surface area contributed by atoms with Crippen LogP contribution in [0.25, 0.3) is 75.1 Å². The van der Waals surface area contributed by atoms with E-state index in [1.54, 1.807) is 0 Å². The van der Waals surface area contributed by atoms with Gasteiger partial charge in [0.05, 0.1) is 0 Å². The van der Waals surface area contributed by atoms with Crippen molar-refractivity contribution in [1.82, 2.24) is 0 Å². The Labute approximate surface area is 307 Å². The van der Waals surface area contributed by atoms with E-state index in [9.17, 15) is 0 Å². The lowest BCUT2D eigenvalue weighted by molar-refractivity contribution is 1.29. The molecule has 0 amide bonds. The minimum atomic E-state index is 1.12. The molecule has 0 aliphatic heterocycles. The molecule has 1 heterocycles. The molecule has 0 saturated heterocycles. The quantitative estimate of drug-likeness (QED) is 0.158. The Kier molecular flexibility index (Phi) is 7.41. The van der Waals surface area contributed by atoms with Crippen molar-refractivity contribution in [2.45, 2.75) is 0 Å². The fourth-order valence-corrected chi connectivity index (χ4v) is 8.74. The summed E-state index contributed by atoms with van der Waals surface area (Å²) >= 11 is 1.86. The first kappa shape index (κ1) is 30.4. The molecule has 10 rings (SSSR count). The Hall–Kier alpha value is -6.48. The van der Waals surface area contributed by atoms with Crippen molar-refractivity contribution < 1.29 is 0 Å². The van der Waals surface area contributed by atoms with Gasteiger partial charge in [-0.15, -0.1) is 11.3 Å². The Morgan fingerprint density at radius 1 is 0.269 bits per heavy atom. The van der Waals surface area contributed by atoms with Gasteiger partial charge in [0.15, 0.2) is 0 Å². The van der Waals surface area contributed by atoms with E-state index in [0.29, 0.717) is 0 Å². The molecule has 1 aromatic heterocycles. The highest BCUT2D eigenvalue weighted by atomic mass is 32.1. The third kappa shape index (κ3) is 5.42. The fraction of sp³-hybridized carbons (Fsp3) is 0. The maximum atomic E-state index is 2.39. The smallest absolute Gasteiger partial charge is 0.0476 e. The molecular formula is C50H33NS. The molecule has 0 spiro atoms. The third-order valence-corrected chi connectivity index (χ3v) is 11.4. The molecule has 1 nitrogen and oxygen atoms in total. The maximum Gasteiger partial charge on any atom is 0.0476 e. The van der Waals surface area contributed by atoms with Crippen LogP contribution in [0.15, 0.2) is 200 Å². The second-order valence-electron chi connectivity index (χ2n) is 13.4. The Morgan fingerprint density at radius 3 is 1.46 bits per heavy atom. The molecule has 0 bridgehead atoms. The number of thiophene rings is 1. The van der Waals surface area contributed by atoms with E-state index >= 15 is 0 Å². The minimum Gasteiger partial charge on any atom is -0.310 e. The van der Waals surface area contributed by atoms with Gasteiger partial charge < -0.3 is 4.90 Å². The predicted octanol–water partition coefficient (Wildman–Crippen LogP) is 14.8. The zero-order valence-electron chi connectivity index (χ0n) is 28.4. The zero-order valence-corrected chi connectivity index (χ0v) is 29.2. The second-order valence-corrected chi connectivity index (χ2v) is 14.5. The van der Waals surface area contributed by atoms with E-state index in [1.165, 1.54) is 75.1 Å².